The predicted molar refractivity (Wildman–Crippen MR) is 195 cm³/mol. The third-order valence-corrected chi connectivity index (χ3v) is 14.2. The molecule has 8 atom stereocenters. The van der Waals surface area contributed by atoms with Crippen LogP contribution in [0.5, 0.6) is 0 Å². The molecule has 9 nitrogen and oxygen atoms in total. The van der Waals surface area contributed by atoms with E-state index >= 15 is 0 Å². The number of carbonyl (C=O) groups is 1. The van der Waals surface area contributed by atoms with E-state index in [9.17, 15) is 4.79 Å². The standard InChI is InChI=1S/C39H71N7O2/c1-27(2)10-8-11-28(3)32-14-15-33-31-13-12-29-24-30(16-18-38(29,4)34(31)17-19-39(32,33)5)48-37(47)46(23-9-21-41-36-44-26-45-36)22-7-6-20-40-35-42-25-43-35/h12,27-28,30-36,40-45H,6-11,13-26H2,1-5H3. The maximum atomic E-state index is 13.7. The van der Waals surface area contributed by atoms with Gasteiger partial charge < -0.3 is 9.64 Å². The van der Waals surface area contributed by atoms with Gasteiger partial charge in [-0.2, -0.15) is 0 Å². The van der Waals surface area contributed by atoms with E-state index in [1.54, 1.807) is 5.57 Å². The van der Waals surface area contributed by atoms with Gasteiger partial charge >= 0.3 is 6.09 Å². The molecule has 0 spiro atoms. The van der Waals surface area contributed by atoms with Gasteiger partial charge in [0.05, 0.1) is 13.3 Å². The largest absolute Gasteiger partial charge is 0.446 e. The van der Waals surface area contributed by atoms with Crippen LogP contribution in [-0.2, 0) is 4.74 Å². The Kier molecular flexibility index (Phi) is 12.5. The summed E-state index contributed by atoms with van der Waals surface area (Å²) >= 11 is 0. The Morgan fingerprint density at radius 1 is 0.875 bits per heavy atom. The van der Waals surface area contributed by atoms with Crippen molar-refractivity contribution in [1.82, 2.24) is 36.8 Å². The number of carbonyl (C=O) groups excluding carboxylic acids is 1. The first-order valence-corrected chi connectivity index (χ1v) is 20.2. The average molecular weight is 670 g/mol. The van der Waals surface area contributed by atoms with Crippen LogP contribution in [-0.4, -0.2) is 69.2 Å². The van der Waals surface area contributed by atoms with Crippen molar-refractivity contribution >= 4 is 6.09 Å². The molecule has 8 unspecified atom stereocenters. The topological polar surface area (TPSA) is 102 Å². The SMILES string of the molecule is CC(C)CCCC(C)C1CCC2C3CC=C4CC(OC(=O)N(CCCCNC5NCN5)CCCNC5NCN5)CCC4(C)C3CCC12C. The number of hydrogen-bond donors (Lipinski definition) is 6. The van der Waals surface area contributed by atoms with Crippen LogP contribution >= 0.6 is 0 Å². The van der Waals surface area contributed by atoms with Crippen molar-refractivity contribution in [3.63, 3.8) is 0 Å². The number of allylic oxidation sites excluding steroid dienone is 1. The quantitative estimate of drug-likeness (QED) is 0.0823. The Hall–Kier alpha value is -1.23. The van der Waals surface area contributed by atoms with E-state index < -0.39 is 0 Å². The molecule has 5 fully saturated rings. The van der Waals surface area contributed by atoms with Crippen molar-refractivity contribution < 1.29 is 9.53 Å². The minimum Gasteiger partial charge on any atom is -0.446 e. The van der Waals surface area contributed by atoms with E-state index in [4.69, 9.17) is 4.74 Å². The van der Waals surface area contributed by atoms with Crippen LogP contribution in [0.25, 0.3) is 0 Å². The highest BCUT2D eigenvalue weighted by Gasteiger charge is 2.59. The van der Waals surface area contributed by atoms with Crippen LogP contribution < -0.4 is 31.9 Å². The number of amides is 1. The van der Waals surface area contributed by atoms with Gasteiger partial charge in [-0.25, -0.2) is 4.79 Å². The Bertz CT molecular complexity index is 1080. The van der Waals surface area contributed by atoms with Crippen molar-refractivity contribution in [3.05, 3.63) is 11.6 Å². The molecule has 9 heteroatoms. The molecule has 6 aliphatic rings. The number of nitrogens with zero attached hydrogens (tertiary/aromatic N) is 1. The summed E-state index contributed by atoms with van der Waals surface area (Å²) in [5.41, 5.74) is 2.41. The highest BCUT2D eigenvalue weighted by atomic mass is 16.6. The summed E-state index contributed by atoms with van der Waals surface area (Å²) < 4.78 is 6.35. The molecule has 0 radical (unpaired) electrons. The lowest BCUT2D eigenvalue weighted by Crippen LogP contribution is -2.66. The maximum absolute atomic E-state index is 13.7. The van der Waals surface area contributed by atoms with Gasteiger partial charge in [-0.15, -0.1) is 0 Å². The fourth-order valence-electron chi connectivity index (χ4n) is 11.2. The van der Waals surface area contributed by atoms with Crippen molar-refractivity contribution in [2.45, 2.75) is 143 Å². The number of unbranched alkanes of at least 4 members (excludes halogenated alkanes) is 1. The second-order valence-electron chi connectivity index (χ2n) is 17.5. The predicted octanol–water partition coefficient (Wildman–Crippen LogP) is 6.05. The van der Waals surface area contributed by atoms with E-state index in [-0.39, 0.29) is 30.2 Å². The van der Waals surface area contributed by atoms with E-state index in [1.807, 2.05) is 4.90 Å². The zero-order chi connectivity index (χ0) is 33.7. The summed E-state index contributed by atoms with van der Waals surface area (Å²) in [6, 6.07) is 0. The van der Waals surface area contributed by atoms with Gasteiger partial charge in [0, 0.05) is 19.5 Å². The Balaban J connectivity index is 1.02. The Morgan fingerprint density at radius 3 is 2.27 bits per heavy atom. The summed E-state index contributed by atoms with van der Waals surface area (Å²) in [5, 5.41) is 20.1. The van der Waals surface area contributed by atoms with Gasteiger partial charge in [0.1, 0.15) is 18.7 Å². The summed E-state index contributed by atoms with van der Waals surface area (Å²) in [5.74, 6) is 5.10. The van der Waals surface area contributed by atoms with E-state index in [0.29, 0.717) is 5.41 Å². The molecule has 2 aliphatic heterocycles. The fourth-order valence-corrected chi connectivity index (χ4v) is 11.2. The molecule has 6 rings (SSSR count). The second kappa shape index (κ2) is 16.4. The van der Waals surface area contributed by atoms with E-state index in [0.717, 1.165) is 114 Å². The molecule has 274 valence electrons. The highest BCUT2D eigenvalue weighted by Crippen LogP contribution is 2.67. The normalized spacial score (nSPS) is 35.5. The van der Waals surface area contributed by atoms with E-state index in [1.165, 1.54) is 51.4 Å². The third-order valence-electron chi connectivity index (χ3n) is 14.2. The first-order valence-electron chi connectivity index (χ1n) is 20.2. The number of hydrogen-bond acceptors (Lipinski definition) is 8. The molecular weight excluding hydrogens is 598 g/mol. The van der Waals surface area contributed by atoms with Crippen molar-refractivity contribution in [2.24, 2.45) is 46.3 Å². The Labute approximate surface area is 292 Å². The van der Waals surface area contributed by atoms with Gasteiger partial charge in [0.25, 0.3) is 0 Å². The number of nitrogens with one attached hydrogen (secondary N) is 6. The zero-order valence-corrected chi connectivity index (χ0v) is 31.2. The minimum absolute atomic E-state index is 0.00575. The molecule has 0 aromatic heterocycles. The van der Waals surface area contributed by atoms with Gasteiger partial charge in [-0.05, 0) is 124 Å². The van der Waals surface area contributed by atoms with Gasteiger partial charge in [0.2, 0.25) is 0 Å². The fraction of sp³-hybridized carbons (Fsp3) is 0.923. The molecule has 1 amide bonds. The second-order valence-corrected chi connectivity index (χ2v) is 17.5. The maximum Gasteiger partial charge on any atom is 0.410 e. The number of ether oxygens (including phenoxy) is 1. The van der Waals surface area contributed by atoms with Crippen LogP contribution in [0.2, 0.25) is 0 Å². The van der Waals surface area contributed by atoms with Crippen LogP contribution in [0.4, 0.5) is 4.79 Å². The van der Waals surface area contributed by atoms with Crippen LogP contribution in [0.15, 0.2) is 11.6 Å². The van der Waals surface area contributed by atoms with Crippen LogP contribution in [0, 0.1) is 46.3 Å². The number of fused-ring (bicyclic) bond motifs is 5. The molecule has 48 heavy (non-hydrogen) atoms. The lowest BCUT2D eigenvalue weighted by Gasteiger charge is -2.58. The highest BCUT2D eigenvalue weighted by molar-refractivity contribution is 5.67. The first kappa shape index (κ1) is 36.6. The van der Waals surface area contributed by atoms with Crippen LogP contribution in [0.1, 0.15) is 125 Å². The summed E-state index contributed by atoms with van der Waals surface area (Å²) in [6.07, 6.45) is 20.1. The summed E-state index contributed by atoms with van der Waals surface area (Å²) in [4.78, 5) is 15.6. The van der Waals surface area contributed by atoms with Crippen molar-refractivity contribution in [2.75, 3.05) is 39.5 Å². The van der Waals surface area contributed by atoms with Crippen molar-refractivity contribution in [1.29, 1.82) is 0 Å². The van der Waals surface area contributed by atoms with E-state index in [2.05, 4.69) is 72.6 Å². The molecule has 2 heterocycles. The molecule has 4 aliphatic carbocycles. The molecule has 6 N–H and O–H groups in total. The molecule has 3 saturated carbocycles. The first-order chi connectivity index (χ1) is 23.2. The molecule has 0 aromatic rings. The van der Waals surface area contributed by atoms with Crippen LogP contribution in [0.3, 0.4) is 0 Å². The zero-order valence-electron chi connectivity index (χ0n) is 31.2. The molecular formula is C39H71N7O2. The summed E-state index contributed by atoms with van der Waals surface area (Å²) in [6.45, 7) is 17.6. The lowest BCUT2D eigenvalue weighted by atomic mass is 9.47. The molecule has 0 bridgehead atoms. The van der Waals surface area contributed by atoms with Gasteiger partial charge in [-0.1, -0.05) is 65.5 Å². The Morgan fingerprint density at radius 2 is 1.58 bits per heavy atom. The number of rotatable bonds is 17. The minimum atomic E-state index is -0.110. The van der Waals surface area contributed by atoms with Crippen molar-refractivity contribution in [3.8, 4) is 0 Å². The lowest BCUT2D eigenvalue weighted by molar-refractivity contribution is -0.0593. The smallest absolute Gasteiger partial charge is 0.410 e. The van der Waals surface area contributed by atoms with Gasteiger partial charge in [-0.3, -0.25) is 31.9 Å². The third kappa shape index (κ3) is 8.28. The molecule has 0 aromatic carbocycles. The average Bonchev–Trinajstić information content (AvgIpc) is 3.37. The summed E-state index contributed by atoms with van der Waals surface area (Å²) in [7, 11) is 0. The molecule has 2 saturated heterocycles. The monoisotopic (exact) mass is 670 g/mol. The van der Waals surface area contributed by atoms with Gasteiger partial charge in [0.15, 0.2) is 0 Å².